The lowest BCUT2D eigenvalue weighted by atomic mass is 10.2. The maximum absolute atomic E-state index is 12.9. The minimum absolute atomic E-state index is 0.143. The van der Waals surface area contributed by atoms with Gasteiger partial charge in [-0.15, -0.1) is 0 Å². The van der Waals surface area contributed by atoms with E-state index in [0.717, 1.165) is 0 Å². The van der Waals surface area contributed by atoms with Crippen LogP contribution in [0.3, 0.4) is 0 Å². The van der Waals surface area contributed by atoms with E-state index < -0.39 is 53.4 Å². The summed E-state index contributed by atoms with van der Waals surface area (Å²) in [6.45, 7) is 0.444. The normalized spacial score (nSPS) is 35.5. The molecule has 0 aromatic rings. The van der Waals surface area contributed by atoms with E-state index in [4.69, 9.17) is 11.5 Å². The van der Waals surface area contributed by atoms with Crippen LogP contribution in [0.15, 0.2) is 0 Å². The second-order valence-electron chi connectivity index (χ2n) is 7.00. The molecule has 4 unspecified atom stereocenters. The van der Waals surface area contributed by atoms with Crippen molar-refractivity contribution in [2.45, 2.75) is 61.5 Å². The van der Waals surface area contributed by atoms with Gasteiger partial charge in [0.05, 0.1) is 0 Å². The summed E-state index contributed by atoms with van der Waals surface area (Å²) in [5, 5.41) is -6.90. The van der Waals surface area contributed by atoms with E-state index in [1.54, 1.807) is 0 Å². The first-order valence-electron chi connectivity index (χ1n) is 9.12. The van der Waals surface area contributed by atoms with Gasteiger partial charge in [-0.1, -0.05) is 12.8 Å². The lowest BCUT2D eigenvalue weighted by Crippen LogP contribution is -2.46. The van der Waals surface area contributed by atoms with Gasteiger partial charge in [-0.25, -0.2) is 0 Å². The predicted octanol–water partition coefficient (Wildman–Crippen LogP) is 1.11. The molecular weight excluding hydrogens is 488 g/mol. The lowest BCUT2D eigenvalue weighted by Gasteiger charge is -2.49. The third kappa shape index (κ3) is 5.53. The van der Waals surface area contributed by atoms with Crippen molar-refractivity contribution in [1.82, 2.24) is 0 Å². The molecule has 1 aliphatic rings. The first-order valence-corrected chi connectivity index (χ1v) is 15.5. The van der Waals surface area contributed by atoms with Gasteiger partial charge in [0, 0.05) is 12.8 Å². The van der Waals surface area contributed by atoms with Crippen molar-refractivity contribution in [2.24, 2.45) is 11.5 Å². The van der Waals surface area contributed by atoms with Gasteiger partial charge in [-0.2, -0.15) is 0 Å². The highest BCUT2D eigenvalue weighted by molar-refractivity contribution is 7.78. The lowest BCUT2D eigenvalue weighted by molar-refractivity contribution is 0.0308. The third-order valence-corrected chi connectivity index (χ3v) is 14.4. The molecule has 1 fully saturated rings. The summed E-state index contributed by atoms with van der Waals surface area (Å²) in [4.78, 5) is 59.8. The molecule has 0 aliphatic carbocycles. The van der Waals surface area contributed by atoms with Crippen LogP contribution in [0.5, 0.6) is 0 Å². The number of hydrogen-bond acceptors (Lipinski definition) is 8. The van der Waals surface area contributed by atoms with Gasteiger partial charge in [0.2, 0.25) is 0 Å². The Morgan fingerprint density at radius 2 is 0.967 bits per heavy atom. The molecule has 0 spiro atoms. The summed E-state index contributed by atoms with van der Waals surface area (Å²) >= 11 is 0. The van der Waals surface area contributed by atoms with E-state index >= 15 is 0 Å². The summed E-state index contributed by atoms with van der Waals surface area (Å²) in [6.07, 6.45) is -0.790. The zero-order valence-electron chi connectivity index (χ0n) is 16.1. The second-order valence-corrected chi connectivity index (χ2v) is 15.2. The molecule has 1 aliphatic heterocycles. The molecule has 0 aromatic heterocycles. The van der Waals surface area contributed by atoms with Crippen LogP contribution in [0, 0.1) is 0 Å². The smallest absolute Gasteiger partial charge is 0.330 e. The standard InChI is InChI=1S/C12H30N2O12P4/c13-9-5-1-3-7-11(27(15,16)17)25-30(23,24)12(28(18,19)20,26-29(11,21)22)8-4-2-6-10-14/h1-10,13-14H2,(H,21,22)(H,23,24)(H2,15,16,17)(H2,18,19,20). The number of rotatable bonds is 12. The molecule has 0 radical (unpaired) electrons. The molecular formula is C12H30N2O12P4. The molecule has 0 amide bonds. The van der Waals surface area contributed by atoms with Crippen LogP contribution in [0.25, 0.3) is 0 Å². The quantitative estimate of drug-likeness (QED) is 0.133. The van der Waals surface area contributed by atoms with Crippen molar-refractivity contribution in [2.75, 3.05) is 13.1 Å². The highest BCUT2D eigenvalue weighted by Gasteiger charge is 2.79. The van der Waals surface area contributed by atoms with Crippen molar-refractivity contribution < 1.29 is 56.7 Å². The largest absolute Gasteiger partial charge is 0.374 e. The Balaban J connectivity index is 3.48. The first-order chi connectivity index (χ1) is 13.5. The summed E-state index contributed by atoms with van der Waals surface area (Å²) in [6, 6.07) is 0. The van der Waals surface area contributed by atoms with Gasteiger partial charge in [0.25, 0.3) is 10.2 Å². The van der Waals surface area contributed by atoms with Crippen LogP contribution in [-0.4, -0.2) is 52.6 Å². The highest BCUT2D eigenvalue weighted by atomic mass is 31.3. The minimum Gasteiger partial charge on any atom is -0.330 e. The Morgan fingerprint density at radius 3 is 1.20 bits per heavy atom. The Kier molecular flexibility index (Phi) is 9.71. The minimum atomic E-state index is -5.76. The Hall–Kier alpha value is 0.520. The zero-order valence-corrected chi connectivity index (χ0v) is 19.7. The van der Waals surface area contributed by atoms with E-state index in [1.807, 2.05) is 0 Å². The van der Waals surface area contributed by atoms with Crippen molar-refractivity contribution in [3.05, 3.63) is 0 Å². The molecule has 0 aromatic carbocycles. The van der Waals surface area contributed by atoms with Crippen LogP contribution in [0.1, 0.15) is 51.4 Å². The summed E-state index contributed by atoms with van der Waals surface area (Å²) in [7, 11) is -23.0. The SMILES string of the molecule is NCCCCCC1(P(=O)(O)O)OP(=O)(O)C(CCCCCN)(P(=O)(O)O)OP1(=O)O. The summed E-state index contributed by atoms with van der Waals surface area (Å²) in [5.74, 6) is 0. The maximum Gasteiger partial charge on any atom is 0.374 e. The monoisotopic (exact) mass is 518 g/mol. The van der Waals surface area contributed by atoms with Crippen LogP contribution >= 0.6 is 30.4 Å². The zero-order chi connectivity index (χ0) is 23.5. The first kappa shape index (κ1) is 28.6. The van der Waals surface area contributed by atoms with Gasteiger partial charge < -0.3 is 40.8 Å². The third-order valence-electron chi connectivity index (χ3n) is 4.75. The Bertz CT molecular complexity index is 719. The molecule has 1 saturated heterocycles. The Morgan fingerprint density at radius 1 is 0.667 bits per heavy atom. The summed E-state index contributed by atoms with van der Waals surface area (Å²) < 4.78 is 59.5. The van der Waals surface area contributed by atoms with Gasteiger partial charge in [-0.3, -0.25) is 27.3 Å². The van der Waals surface area contributed by atoms with Crippen molar-refractivity contribution in [3.8, 4) is 0 Å². The number of unbranched alkanes of at least 4 members (excludes halogenated alkanes) is 4. The highest BCUT2D eigenvalue weighted by Crippen LogP contribution is 2.89. The van der Waals surface area contributed by atoms with E-state index in [2.05, 4.69) is 9.05 Å². The maximum atomic E-state index is 12.9. The fourth-order valence-electron chi connectivity index (χ4n) is 3.10. The van der Waals surface area contributed by atoms with E-state index in [-0.39, 0.29) is 38.8 Å². The van der Waals surface area contributed by atoms with E-state index in [1.165, 1.54) is 0 Å². The van der Waals surface area contributed by atoms with Crippen molar-refractivity contribution in [1.29, 1.82) is 0 Å². The predicted molar refractivity (Wildman–Crippen MR) is 106 cm³/mol. The van der Waals surface area contributed by atoms with Crippen LogP contribution in [0.4, 0.5) is 0 Å². The van der Waals surface area contributed by atoms with Gasteiger partial charge in [-0.05, 0) is 38.8 Å². The molecule has 4 atom stereocenters. The summed E-state index contributed by atoms with van der Waals surface area (Å²) in [5.41, 5.74) is 10.6. The van der Waals surface area contributed by atoms with Crippen LogP contribution in [0.2, 0.25) is 0 Å². The van der Waals surface area contributed by atoms with Crippen LogP contribution < -0.4 is 11.5 Å². The molecule has 18 heteroatoms. The molecule has 14 nitrogen and oxygen atoms in total. The Labute approximate surface area is 173 Å². The average Bonchev–Trinajstić information content (AvgIpc) is 2.56. The van der Waals surface area contributed by atoms with E-state index in [9.17, 15) is 47.6 Å². The van der Waals surface area contributed by atoms with Crippen molar-refractivity contribution >= 4 is 30.4 Å². The number of nitrogens with two attached hydrogens (primary N) is 2. The molecule has 10 N–H and O–H groups in total. The fraction of sp³-hybridized carbons (Fsp3) is 1.00. The van der Waals surface area contributed by atoms with E-state index in [0.29, 0.717) is 12.8 Å². The number of hydrogen-bond donors (Lipinski definition) is 8. The molecule has 30 heavy (non-hydrogen) atoms. The fourth-order valence-corrected chi connectivity index (χ4v) is 12.0. The molecule has 0 saturated carbocycles. The van der Waals surface area contributed by atoms with Crippen LogP contribution in [-0.2, 0) is 27.3 Å². The average molecular weight is 518 g/mol. The molecule has 1 rings (SSSR count). The van der Waals surface area contributed by atoms with Crippen molar-refractivity contribution in [3.63, 3.8) is 0 Å². The second kappa shape index (κ2) is 10.2. The van der Waals surface area contributed by atoms with Gasteiger partial charge >= 0.3 is 30.4 Å². The molecule has 1 heterocycles. The van der Waals surface area contributed by atoms with Gasteiger partial charge in [0.15, 0.2) is 0 Å². The molecule has 0 bridgehead atoms. The van der Waals surface area contributed by atoms with Gasteiger partial charge in [0.1, 0.15) is 0 Å². The topological polar surface area (TPSA) is 260 Å². The molecule has 180 valence electrons.